The van der Waals surface area contributed by atoms with Gasteiger partial charge in [-0.25, -0.2) is 4.79 Å². The molecule has 6 nitrogen and oxygen atoms in total. The first-order valence-electron chi connectivity index (χ1n) is 9.04. The molecule has 3 N–H and O–H groups in total. The Balaban J connectivity index is 2.29. The van der Waals surface area contributed by atoms with Crippen molar-refractivity contribution >= 4 is 43.7 Å². The van der Waals surface area contributed by atoms with Crippen LogP contribution in [-0.2, 0) is 4.79 Å². The van der Waals surface area contributed by atoms with Crippen LogP contribution >= 0.6 is 31.9 Å². The van der Waals surface area contributed by atoms with Crippen molar-refractivity contribution in [3.8, 4) is 17.2 Å². The second-order valence-electron chi connectivity index (χ2n) is 7.28. The Morgan fingerprint density at radius 1 is 1.03 bits per heavy atom. The van der Waals surface area contributed by atoms with E-state index >= 15 is 0 Å². The lowest BCUT2D eigenvalue weighted by Gasteiger charge is -2.18. The summed E-state index contributed by atoms with van der Waals surface area (Å²) in [5.74, 6) is -0.507. The van der Waals surface area contributed by atoms with Crippen LogP contribution in [0, 0.1) is 5.92 Å². The zero-order valence-corrected chi connectivity index (χ0v) is 19.7. The van der Waals surface area contributed by atoms with Gasteiger partial charge in [-0.15, -0.1) is 0 Å². The number of benzene rings is 2. The third-order valence-corrected chi connectivity index (χ3v) is 5.50. The summed E-state index contributed by atoms with van der Waals surface area (Å²) in [4.78, 5) is 23.8. The lowest BCUT2D eigenvalue weighted by molar-refractivity contribution is -0.140. The Morgan fingerprint density at radius 2 is 1.62 bits per heavy atom. The number of aliphatic carboxylic acids is 1. The lowest BCUT2D eigenvalue weighted by Crippen LogP contribution is -2.44. The van der Waals surface area contributed by atoms with Crippen molar-refractivity contribution in [2.45, 2.75) is 39.7 Å². The number of carbonyl (C=O) groups excluding carboxylic acids is 1. The van der Waals surface area contributed by atoms with Gasteiger partial charge in [-0.1, -0.05) is 27.7 Å². The number of phenols is 1. The van der Waals surface area contributed by atoms with E-state index in [1.165, 1.54) is 0 Å². The number of nitrogens with one attached hydrogen (secondary N) is 1. The van der Waals surface area contributed by atoms with Gasteiger partial charge in [0.05, 0.1) is 8.95 Å². The summed E-state index contributed by atoms with van der Waals surface area (Å²) in [7, 11) is 0. The molecule has 0 bridgehead atoms. The summed E-state index contributed by atoms with van der Waals surface area (Å²) in [6.07, 6.45) is 0. The quantitative estimate of drug-likeness (QED) is 0.430. The Kier molecular flexibility index (Phi) is 7.71. The average molecular weight is 529 g/mol. The molecule has 2 rings (SSSR count). The summed E-state index contributed by atoms with van der Waals surface area (Å²) in [5, 5.41) is 21.8. The predicted octanol–water partition coefficient (Wildman–Crippen LogP) is 5.67. The molecule has 29 heavy (non-hydrogen) atoms. The minimum Gasteiger partial charge on any atom is -0.508 e. The normalized spacial score (nSPS) is 12.1. The smallest absolute Gasteiger partial charge is 0.326 e. The maximum Gasteiger partial charge on any atom is 0.326 e. The van der Waals surface area contributed by atoms with Crippen LogP contribution in [0.25, 0.3) is 0 Å². The first-order chi connectivity index (χ1) is 13.5. The fraction of sp³-hybridized carbons (Fsp3) is 0.333. The molecule has 8 heteroatoms. The highest BCUT2D eigenvalue weighted by Crippen LogP contribution is 2.39. The topological polar surface area (TPSA) is 95.9 Å². The van der Waals surface area contributed by atoms with E-state index in [0.29, 0.717) is 20.4 Å². The number of phenolic OH excluding ortho intramolecular Hbond substituents is 1. The minimum absolute atomic E-state index is 0.125. The average Bonchev–Trinajstić information content (AvgIpc) is 2.62. The number of hydrogen-bond donors (Lipinski definition) is 3. The molecule has 0 fully saturated rings. The molecular weight excluding hydrogens is 506 g/mol. The van der Waals surface area contributed by atoms with Crippen LogP contribution in [0.3, 0.4) is 0 Å². The van der Waals surface area contributed by atoms with E-state index < -0.39 is 17.9 Å². The molecule has 2 aromatic rings. The molecule has 0 radical (unpaired) electrons. The van der Waals surface area contributed by atoms with Crippen LogP contribution in [0.1, 0.15) is 49.5 Å². The summed E-state index contributed by atoms with van der Waals surface area (Å²) in [6, 6.07) is 7.14. The highest BCUT2D eigenvalue weighted by Gasteiger charge is 2.25. The van der Waals surface area contributed by atoms with Gasteiger partial charge in [0.2, 0.25) is 0 Å². The maximum atomic E-state index is 12.5. The molecule has 156 valence electrons. The number of aromatic hydroxyl groups is 1. The standard InChI is InChI=1S/C21H23Br2NO5/c1-10(2)14-9-13(5-6-17(14)25)29-19-15(22)7-12(8-16(19)23)20(26)24-18(11(3)4)21(27)28/h5-11,18,25H,1-4H3,(H,24,26)(H,27,28)/t18-/m1/s1. The van der Waals surface area contributed by atoms with Crippen LogP contribution in [-0.4, -0.2) is 28.1 Å². The number of carboxylic acid groups (broad SMARTS) is 1. The number of carboxylic acids is 1. The Hall–Kier alpha value is -2.06. The maximum absolute atomic E-state index is 12.5. The third kappa shape index (κ3) is 5.73. The van der Waals surface area contributed by atoms with Gasteiger partial charge in [0.25, 0.3) is 5.91 Å². The van der Waals surface area contributed by atoms with Crippen molar-refractivity contribution in [1.29, 1.82) is 0 Å². The molecule has 1 atom stereocenters. The third-order valence-electron chi connectivity index (χ3n) is 4.32. The van der Waals surface area contributed by atoms with E-state index in [-0.39, 0.29) is 23.1 Å². The van der Waals surface area contributed by atoms with Gasteiger partial charge in [-0.05, 0) is 74.0 Å². The van der Waals surface area contributed by atoms with Crippen LogP contribution in [0.4, 0.5) is 0 Å². The fourth-order valence-corrected chi connectivity index (χ4v) is 4.05. The highest BCUT2D eigenvalue weighted by atomic mass is 79.9. The fourth-order valence-electron chi connectivity index (χ4n) is 2.70. The number of amides is 1. The van der Waals surface area contributed by atoms with Gasteiger partial charge >= 0.3 is 5.97 Å². The molecule has 0 spiro atoms. The molecule has 0 unspecified atom stereocenters. The second kappa shape index (κ2) is 9.63. The first kappa shape index (κ1) is 23.2. The van der Waals surface area contributed by atoms with Crippen molar-refractivity contribution in [3.05, 3.63) is 50.4 Å². The molecule has 0 heterocycles. The summed E-state index contributed by atoms with van der Waals surface area (Å²) in [6.45, 7) is 7.40. The van der Waals surface area contributed by atoms with Crippen molar-refractivity contribution < 1.29 is 24.5 Å². The van der Waals surface area contributed by atoms with E-state index in [0.717, 1.165) is 5.56 Å². The SMILES string of the molecule is CC(C)c1cc(Oc2c(Br)cc(C(=O)N[C@@H](C(=O)O)C(C)C)cc2Br)ccc1O. The summed E-state index contributed by atoms with van der Waals surface area (Å²) < 4.78 is 6.99. The molecule has 0 saturated carbocycles. The molecule has 0 aliphatic heterocycles. The molecule has 0 saturated heterocycles. The summed E-state index contributed by atoms with van der Waals surface area (Å²) in [5.41, 5.74) is 1.05. The van der Waals surface area contributed by atoms with Crippen molar-refractivity contribution in [2.75, 3.05) is 0 Å². The van der Waals surface area contributed by atoms with E-state index in [4.69, 9.17) is 4.74 Å². The number of hydrogen-bond acceptors (Lipinski definition) is 4. The number of ether oxygens (including phenoxy) is 1. The molecule has 2 aromatic carbocycles. The number of halogens is 2. The molecule has 0 aliphatic rings. The van der Waals surface area contributed by atoms with Gasteiger partial charge in [-0.3, -0.25) is 4.79 Å². The van der Waals surface area contributed by atoms with Crippen molar-refractivity contribution in [1.82, 2.24) is 5.32 Å². The zero-order chi connectivity index (χ0) is 21.9. The monoisotopic (exact) mass is 527 g/mol. The van der Waals surface area contributed by atoms with Gasteiger partial charge in [0.15, 0.2) is 5.75 Å². The molecular formula is C21H23Br2NO5. The number of carbonyl (C=O) groups is 2. The molecule has 1 amide bonds. The largest absolute Gasteiger partial charge is 0.508 e. The van der Waals surface area contributed by atoms with E-state index in [9.17, 15) is 19.8 Å². The highest BCUT2D eigenvalue weighted by molar-refractivity contribution is 9.11. The van der Waals surface area contributed by atoms with Gasteiger partial charge in [0, 0.05) is 11.1 Å². The van der Waals surface area contributed by atoms with Crippen molar-refractivity contribution in [3.63, 3.8) is 0 Å². The van der Waals surface area contributed by atoms with Crippen molar-refractivity contribution in [2.24, 2.45) is 5.92 Å². The molecule has 0 aliphatic carbocycles. The predicted molar refractivity (Wildman–Crippen MR) is 118 cm³/mol. The first-order valence-corrected chi connectivity index (χ1v) is 10.6. The lowest BCUT2D eigenvalue weighted by atomic mass is 10.0. The number of rotatable bonds is 7. The minimum atomic E-state index is -1.08. The molecule has 0 aromatic heterocycles. The van der Waals surface area contributed by atoms with Gasteiger partial charge < -0.3 is 20.3 Å². The van der Waals surface area contributed by atoms with E-state index in [1.807, 2.05) is 13.8 Å². The van der Waals surface area contributed by atoms with E-state index in [2.05, 4.69) is 37.2 Å². The Morgan fingerprint density at radius 3 is 2.10 bits per heavy atom. The van der Waals surface area contributed by atoms with Crippen LogP contribution in [0.15, 0.2) is 39.3 Å². The van der Waals surface area contributed by atoms with Crippen LogP contribution in [0.2, 0.25) is 0 Å². The second-order valence-corrected chi connectivity index (χ2v) is 8.99. The van der Waals surface area contributed by atoms with E-state index in [1.54, 1.807) is 44.2 Å². The van der Waals surface area contributed by atoms with Crippen LogP contribution < -0.4 is 10.1 Å². The Bertz CT molecular complexity index is 904. The van der Waals surface area contributed by atoms with Gasteiger partial charge in [-0.2, -0.15) is 0 Å². The Labute approximate surface area is 186 Å². The zero-order valence-electron chi connectivity index (χ0n) is 16.5. The summed E-state index contributed by atoms with van der Waals surface area (Å²) >= 11 is 6.82. The van der Waals surface area contributed by atoms with Gasteiger partial charge in [0.1, 0.15) is 17.5 Å². The van der Waals surface area contributed by atoms with Crippen LogP contribution in [0.5, 0.6) is 17.2 Å².